The summed E-state index contributed by atoms with van der Waals surface area (Å²) in [6, 6.07) is 5.96. The first kappa shape index (κ1) is 32.2. The van der Waals surface area contributed by atoms with Gasteiger partial charge in [0.05, 0.1) is 23.0 Å². The van der Waals surface area contributed by atoms with Gasteiger partial charge in [0.15, 0.2) is 11.5 Å². The highest BCUT2D eigenvalue weighted by Gasteiger charge is 2.32. The highest BCUT2D eigenvalue weighted by molar-refractivity contribution is 5.95. The van der Waals surface area contributed by atoms with Gasteiger partial charge in [-0.1, -0.05) is 6.92 Å². The molecule has 250 valence electrons. The number of carbonyl (C=O) groups is 2. The third kappa shape index (κ3) is 6.05. The molecule has 2 amide bonds. The van der Waals surface area contributed by atoms with E-state index in [-0.39, 0.29) is 72.7 Å². The lowest BCUT2D eigenvalue weighted by molar-refractivity contribution is -0.137. The van der Waals surface area contributed by atoms with Crippen molar-refractivity contribution in [2.75, 3.05) is 36.4 Å². The van der Waals surface area contributed by atoms with Gasteiger partial charge in [-0.05, 0) is 49.2 Å². The minimum Gasteiger partial charge on any atom is -0.505 e. The molecule has 1 aliphatic rings. The Morgan fingerprint density at radius 1 is 1.10 bits per heavy atom. The topological polar surface area (TPSA) is 156 Å². The van der Waals surface area contributed by atoms with Crippen LogP contribution in [0.2, 0.25) is 0 Å². The number of amides is 2. The van der Waals surface area contributed by atoms with Gasteiger partial charge in [-0.15, -0.1) is 5.10 Å². The number of aromatic hydroxyl groups is 1. The van der Waals surface area contributed by atoms with Crippen LogP contribution in [0.1, 0.15) is 34.2 Å². The predicted octanol–water partition coefficient (Wildman–Crippen LogP) is 2.88. The lowest BCUT2D eigenvalue weighted by Gasteiger charge is -2.36. The Bertz CT molecular complexity index is 2090. The van der Waals surface area contributed by atoms with Gasteiger partial charge in [0.25, 0.3) is 11.5 Å². The summed E-state index contributed by atoms with van der Waals surface area (Å²) in [5, 5.41) is 21.4. The lowest BCUT2D eigenvalue weighted by atomic mass is 10.1. The zero-order valence-electron chi connectivity index (χ0n) is 26.2. The van der Waals surface area contributed by atoms with Crippen LogP contribution in [0.5, 0.6) is 5.75 Å². The van der Waals surface area contributed by atoms with E-state index in [0.717, 1.165) is 16.6 Å². The van der Waals surface area contributed by atoms with Crippen molar-refractivity contribution in [2.24, 2.45) is 7.05 Å². The van der Waals surface area contributed by atoms with Crippen molar-refractivity contribution in [3.63, 3.8) is 0 Å². The monoisotopic (exact) mass is 664 g/mol. The number of halogens is 3. The zero-order chi connectivity index (χ0) is 34.3. The van der Waals surface area contributed by atoms with E-state index in [1.54, 1.807) is 28.7 Å². The molecule has 0 spiro atoms. The van der Waals surface area contributed by atoms with Crippen molar-refractivity contribution in [3.8, 4) is 17.1 Å². The van der Waals surface area contributed by atoms with Crippen LogP contribution < -0.4 is 15.8 Å². The summed E-state index contributed by atoms with van der Waals surface area (Å²) in [5.41, 5.74) is 0.376. The van der Waals surface area contributed by atoms with Gasteiger partial charge in [-0.25, -0.2) is 4.98 Å². The average molecular weight is 665 g/mol. The average Bonchev–Trinajstić information content (AvgIpc) is 3.70. The molecule has 14 nitrogen and oxygen atoms in total. The van der Waals surface area contributed by atoms with Gasteiger partial charge in [-0.2, -0.15) is 27.8 Å². The fourth-order valence-electron chi connectivity index (χ4n) is 5.75. The van der Waals surface area contributed by atoms with E-state index < -0.39 is 29.1 Å². The maximum Gasteiger partial charge on any atom is 0.416 e. The van der Waals surface area contributed by atoms with Gasteiger partial charge < -0.3 is 24.8 Å². The minimum atomic E-state index is -4.53. The number of fused-ring (bicyclic) bond motifs is 1. The summed E-state index contributed by atoms with van der Waals surface area (Å²) in [5.74, 6) is -0.924. The Kier molecular flexibility index (Phi) is 8.36. The van der Waals surface area contributed by atoms with Gasteiger partial charge >= 0.3 is 6.18 Å². The number of rotatable bonds is 7. The summed E-state index contributed by atoms with van der Waals surface area (Å²) in [7, 11) is 1.72. The Labute approximate surface area is 271 Å². The normalized spacial score (nSPS) is 13.7. The molecule has 1 fully saturated rings. The van der Waals surface area contributed by atoms with E-state index in [1.165, 1.54) is 36.2 Å². The van der Waals surface area contributed by atoms with Gasteiger partial charge in [0.1, 0.15) is 18.0 Å². The van der Waals surface area contributed by atoms with E-state index in [1.807, 2.05) is 11.8 Å². The number of nitrogens with zero attached hydrogens (tertiary/aromatic N) is 9. The molecule has 0 aliphatic carbocycles. The number of pyridine rings is 1. The van der Waals surface area contributed by atoms with Crippen LogP contribution in [0.4, 0.5) is 24.5 Å². The molecule has 17 heteroatoms. The summed E-state index contributed by atoms with van der Waals surface area (Å²) < 4.78 is 43.9. The second-order valence-corrected chi connectivity index (χ2v) is 11.3. The van der Waals surface area contributed by atoms with E-state index in [4.69, 9.17) is 0 Å². The molecule has 0 saturated carbocycles. The molecule has 0 bridgehead atoms. The van der Waals surface area contributed by atoms with Gasteiger partial charge in [0, 0.05) is 51.3 Å². The Morgan fingerprint density at radius 2 is 1.85 bits per heavy atom. The molecule has 1 saturated heterocycles. The minimum absolute atomic E-state index is 0.0659. The van der Waals surface area contributed by atoms with Crippen molar-refractivity contribution in [3.05, 3.63) is 81.8 Å². The van der Waals surface area contributed by atoms with Crippen molar-refractivity contribution >= 4 is 29.0 Å². The molecule has 1 aromatic carbocycles. The van der Waals surface area contributed by atoms with E-state index in [0.29, 0.717) is 17.7 Å². The smallest absolute Gasteiger partial charge is 0.416 e. The number of anilines is 2. The van der Waals surface area contributed by atoms with E-state index >= 15 is 0 Å². The number of alkyl halides is 3. The van der Waals surface area contributed by atoms with E-state index in [9.17, 15) is 32.7 Å². The maximum absolute atomic E-state index is 14.1. The molecule has 5 heterocycles. The molecule has 48 heavy (non-hydrogen) atoms. The first-order valence-corrected chi connectivity index (χ1v) is 15.0. The van der Waals surface area contributed by atoms with Crippen LogP contribution in [0.25, 0.3) is 17.2 Å². The van der Waals surface area contributed by atoms with Crippen molar-refractivity contribution < 1.29 is 27.9 Å². The first-order valence-electron chi connectivity index (χ1n) is 15.0. The Hall–Kier alpha value is -5.74. The number of piperazine rings is 1. The molecule has 0 unspecified atom stereocenters. The Morgan fingerprint density at radius 3 is 2.48 bits per heavy atom. The lowest BCUT2D eigenvalue weighted by Crippen LogP contribution is -2.51. The molecule has 4 aromatic heterocycles. The standard InChI is InChI=1S/C31H31F3N10O4/c1-4-22-26(41-10-12-42(13-11-41)28(47)25-23(45)6-5-9-35-25)29(48)44-30(38-27(39-44)19-15-36-40(3)16-19)43(22)17-24(46)37-21-8-7-20(14-18(21)2)31(32,33)34/h5-9,14-16,45H,4,10-13,17H2,1-3H3,(H,37,46). The maximum atomic E-state index is 14.1. The fourth-order valence-corrected chi connectivity index (χ4v) is 5.75. The van der Waals surface area contributed by atoms with E-state index in [2.05, 4.69) is 25.5 Å². The molecule has 0 atom stereocenters. The van der Waals surface area contributed by atoms with Crippen LogP contribution >= 0.6 is 0 Å². The number of nitrogens with one attached hydrogen (secondary N) is 1. The molecular weight excluding hydrogens is 633 g/mol. The molecule has 5 aromatic rings. The van der Waals surface area contributed by atoms with Crippen LogP contribution in [0.15, 0.2) is 53.7 Å². The number of hydrogen-bond acceptors (Lipinski definition) is 9. The quantitative estimate of drug-likeness (QED) is 0.267. The van der Waals surface area contributed by atoms with Gasteiger partial charge in [-0.3, -0.25) is 19.1 Å². The van der Waals surface area contributed by atoms with Crippen LogP contribution in [0, 0.1) is 6.92 Å². The molecule has 2 N–H and O–H groups in total. The third-order valence-electron chi connectivity index (χ3n) is 8.13. The number of hydrogen-bond donors (Lipinski definition) is 2. The number of benzene rings is 1. The number of aryl methyl sites for hydroxylation is 2. The second-order valence-electron chi connectivity index (χ2n) is 11.3. The molecule has 0 radical (unpaired) electrons. The molecule has 1 aliphatic heterocycles. The number of carbonyl (C=O) groups excluding carboxylic acids is 2. The highest BCUT2D eigenvalue weighted by Crippen LogP contribution is 2.32. The van der Waals surface area contributed by atoms with Crippen molar-refractivity contribution in [2.45, 2.75) is 33.0 Å². The van der Waals surface area contributed by atoms with Crippen LogP contribution in [-0.4, -0.2) is 81.9 Å². The van der Waals surface area contributed by atoms with Crippen molar-refractivity contribution in [1.82, 2.24) is 38.8 Å². The largest absolute Gasteiger partial charge is 0.505 e. The highest BCUT2D eigenvalue weighted by atomic mass is 19.4. The predicted molar refractivity (Wildman–Crippen MR) is 168 cm³/mol. The first-order chi connectivity index (χ1) is 22.8. The molecule has 6 rings (SSSR count). The fraction of sp³-hybridized carbons (Fsp3) is 0.323. The summed E-state index contributed by atoms with van der Waals surface area (Å²) >= 11 is 0. The Balaban J connectivity index is 1.36. The SMILES string of the molecule is CCc1c(N2CCN(C(=O)c3ncccc3O)CC2)c(=O)n2nc(-c3cnn(C)c3)nc2n1CC(=O)Nc1ccc(C(F)(F)F)cc1C. The molecular formula is C31H31F3N10O4. The summed E-state index contributed by atoms with van der Waals surface area (Å²) in [6.07, 6.45) is 0.423. The summed E-state index contributed by atoms with van der Waals surface area (Å²) in [4.78, 5) is 52.6. The summed E-state index contributed by atoms with van der Waals surface area (Å²) in [6.45, 7) is 3.93. The van der Waals surface area contributed by atoms with Crippen molar-refractivity contribution in [1.29, 1.82) is 0 Å². The van der Waals surface area contributed by atoms with Crippen LogP contribution in [0.3, 0.4) is 0 Å². The van der Waals surface area contributed by atoms with Crippen LogP contribution in [-0.2, 0) is 31.0 Å². The zero-order valence-corrected chi connectivity index (χ0v) is 26.2. The number of aromatic nitrogens is 7. The van der Waals surface area contributed by atoms with Gasteiger partial charge in [0.2, 0.25) is 11.7 Å². The second kappa shape index (κ2) is 12.5. The third-order valence-corrected chi connectivity index (χ3v) is 8.13.